The Balaban J connectivity index is 2.03. The van der Waals surface area contributed by atoms with Gasteiger partial charge in [0.25, 0.3) is 5.91 Å². The molecule has 22 heavy (non-hydrogen) atoms. The molecule has 1 N–H and O–H groups in total. The minimum Gasteiger partial charge on any atom is -0.435 e. The third-order valence-corrected chi connectivity index (χ3v) is 3.92. The van der Waals surface area contributed by atoms with E-state index in [-0.39, 0.29) is 11.7 Å². The lowest BCUT2D eigenvalue weighted by Crippen LogP contribution is -2.04. The maximum Gasteiger partial charge on any atom is 0.387 e. The van der Waals surface area contributed by atoms with Crippen molar-refractivity contribution in [2.24, 2.45) is 0 Å². The van der Waals surface area contributed by atoms with Crippen LogP contribution in [0.25, 0.3) is 11.6 Å². The highest BCUT2D eigenvalue weighted by Gasteiger charge is 2.23. The molecule has 3 rings (SSSR count). The van der Waals surface area contributed by atoms with E-state index in [0.717, 1.165) is 11.3 Å². The van der Waals surface area contributed by atoms with Gasteiger partial charge in [0.2, 0.25) is 0 Å². The number of benzene rings is 2. The minimum absolute atomic E-state index is 0.0386. The second-order valence-electron chi connectivity index (χ2n) is 4.62. The summed E-state index contributed by atoms with van der Waals surface area (Å²) in [4.78, 5) is 12.1. The number of rotatable bonds is 3. The zero-order valence-corrected chi connectivity index (χ0v) is 12.7. The van der Waals surface area contributed by atoms with Crippen molar-refractivity contribution < 1.29 is 18.3 Å². The van der Waals surface area contributed by atoms with Crippen LogP contribution in [0.1, 0.15) is 11.1 Å². The van der Waals surface area contributed by atoms with E-state index in [1.807, 2.05) is 18.2 Å². The fraction of sp³-hybridized carbons (Fsp3) is 0.0625. The average molecular weight is 366 g/mol. The van der Waals surface area contributed by atoms with Gasteiger partial charge in [-0.25, -0.2) is 0 Å². The lowest BCUT2D eigenvalue weighted by atomic mass is 10.0. The van der Waals surface area contributed by atoms with Gasteiger partial charge in [-0.2, -0.15) is 8.78 Å². The summed E-state index contributed by atoms with van der Waals surface area (Å²) >= 11 is 3.34. The number of halogens is 3. The lowest BCUT2D eigenvalue weighted by molar-refractivity contribution is -0.110. The third kappa shape index (κ3) is 2.87. The maximum absolute atomic E-state index is 12.3. The molecule has 0 radical (unpaired) electrons. The fourth-order valence-corrected chi connectivity index (χ4v) is 2.61. The predicted molar refractivity (Wildman–Crippen MR) is 83.7 cm³/mol. The third-order valence-electron chi connectivity index (χ3n) is 3.20. The summed E-state index contributed by atoms with van der Waals surface area (Å²) in [7, 11) is 0. The number of alkyl halides is 2. The molecule has 0 aliphatic carbocycles. The number of hydrogen-bond donors (Lipinski definition) is 1. The molecule has 0 spiro atoms. The standard InChI is InChI=1S/C16H10BrF2NO2/c17-13-6-5-10(22-16(18)19)7-9(13)8-12-11-3-1-2-4-14(11)20-15(12)21/h1-8,16H,(H,20,21)/b12-8-. The Morgan fingerprint density at radius 3 is 2.73 bits per heavy atom. The van der Waals surface area contributed by atoms with Crippen LogP contribution < -0.4 is 10.1 Å². The van der Waals surface area contributed by atoms with Gasteiger partial charge in [0, 0.05) is 21.3 Å². The zero-order valence-electron chi connectivity index (χ0n) is 11.1. The smallest absolute Gasteiger partial charge is 0.387 e. The molecule has 0 bridgehead atoms. The summed E-state index contributed by atoms with van der Waals surface area (Å²) in [5, 5.41) is 2.76. The summed E-state index contributed by atoms with van der Waals surface area (Å²) in [6.45, 7) is -2.89. The number of hydrogen-bond acceptors (Lipinski definition) is 2. The molecule has 1 heterocycles. The van der Waals surface area contributed by atoms with Gasteiger partial charge in [-0.3, -0.25) is 4.79 Å². The van der Waals surface area contributed by atoms with Crippen LogP contribution >= 0.6 is 15.9 Å². The molecular formula is C16H10BrF2NO2. The van der Waals surface area contributed by atoms with Crippen LogP contribution in [0, 0.1) is 0 Å². The van der Waals surface area contributed by atoms with E-state index >= 15 is 0 Å². The van der Waals surface area contributed by atoms with Gasteiger partial charge >= 0.3 is 6.61 Å². The van der Waals surface area contributed by atoms with E-state index in [0.29, 0.717) is 15.6 Å². The van der Waals surface area contributed by atoms with Crippen LogP contribution in [0.5, 0.6) is 5.75 Å². The highest BCUT2D eigenvalue weighted by molar-refractivity contribution is 9.10. The molecule has 0 atom stereocenters. The molecule has 1 aliphatic rings. The van der Waals surface area contributed by atoms with Gasteiger partial charge in [-0.1, -0.05) is 34.1 Å². The van der Waals surface area contributed by atoms with Crippen molar-refractivity contribution in [3.05, 3.63) is 58.1 Å². The SMILES string of the molecule is O=C1Nc2ccccc2/C1=C/c1cc(OC(F)F)ccc1Br. The first-order valence-corrected chi connectivity index (χ1v) is 7.21. The van der Waals surface area contributed by atoms with E-state index in [9.17, 15) is 13.6 Å². The topological polar surface area (TPSA) is 38.3 Å². The molecule has 1 amide bonds. The minimum atomic E-state index is -2.89. The number of ether oxygens (including phenoxy) is 1. The van der Waals surface area contributed by atoms with Crippen LogP contribution in [0.3, 0.4) is 0 Å². The van der Waals surface area contributed by atoms with Gasteiger partial charge in [0.05, 0.1) is 0 Å². The summed E-state index contributed by atoms with van der Waals surface area (Å²) < 4.78 is 29.7. The Labute approximate surface area is 133 Å². The summed E-state index contributed by atoms with van der Waals surface area (Å²) in [5.74, 6) is -0.190. The predicted octanol–water partition coefficient (Wildman–Crippen LogP) is 4.54. The molecule has 2 aromatic carbocycles. The van der Waals surface area contributed by atoms with Gasteiger partial charge in [-0.05, 0) is 35.9 Å². The zero-order chi connectivity index (χ0) is 15.7. The van der Waals surface area contributed by atoms with Crippen LogP contribution in [0.15, 0.2) is 46.9 Å². The highest BCUT2D eigenvalue weighted by atomic mass is 79.9. The molecule has 0 saturated carbocycles. The van der Waals surface area contributed by atoms with Crippen molar-refractivity contribution in [1.29, 1.82) is 0 Å². The van der Waals surface area contributed by atoms with E-state index in [1.54, 1.807) is 18.2 Å². The second-order valence-corrected chi connectivity index (χ2v) is 5.47. The van der Waals surface area contributed by atoms with Crippen molar-refractivity contribution >= 4 is 39.2 Å². The molecule has 2 aromatic rings. The molecule has 0 unspecified atom stereocenters. The highest BCUT2D eigenvalue weighted by Crippen LogP contribution is 2.34. The normalized spacial score (nSPS) is 15.1. The second kappa shape index (κ2) is 5.88. The van der Waals surface area contributed by atoms with Crippen molar-refractivity contribution in [3.8, 4) is 5.75 Å². The number of para-hydroxylation sites is 1. The molecule has 0 fully saturated rings. The number of nitrogens with one attached hydrogen (secondary N) is 1. The van der Waals surface area contributed by atoms with Crippen molar-refractivity contribution in [2.45, 2.75) is 6.61 Å². The molecule has 112 valence electrons. The van der Waals surface area contributed by atoms with Crippen LogP contribution in [0.4, 0.5) is 14.5 Å². The number of carbonyl (C=O) groups is 1. The summed E-state index contributed by atoms with van der Waals surface area (Å²) in [6, 6.07) is 11.8. The quantitative estimate of drug-likeness (QED) is 0.810. The number of fused-ring (bicyclic) bond motifs is 1. The van der Waals surface area contributed by atoms with Gasteiger partial charge in [-0.15, -0.1) is 0 Å². The maximum atomic E-state index is 12.3. The van der Waals surface area contributed by atoms with Crippen LogP contribution in [0.2, 0.25) is 0 Å². The first kappa shape index (κ1) is 14.7. The molecule has 1 aliphatic heterocycles. The van der Waals surface area contributed by atoms with Gasteiger partial charge in [0.15, 0.2) is 0 Å². The number of anilines is 1. The fourth-order valence-electron chi connectivity index (χ4n) is 2.25. The largest absolute Gasteiger partial charge is 0.435 e. The Kier molecular flexibility index (Phi) is 3.94. The van der Waals surface area contributed by atoms with Crippen LogP contribution in [-0.4, -0.2) is 12.5 Å². The first-order valence-electron chi connectivity index (χ1n) is 6.41. The van der Waals surface area contributed by atoms with Crippen molar-refractivity contribution in [1.82, 2.24) is 0 Å². The Morgan fingerprint density at radius 2 is 1.95 bits per heavy atom. The number of amides is 1. The van der Waals surface area contributed by atoms with Crippen molar-refractivity contribution in [3.63, 3.8) is 0 Å². The van der Waals surface area contributed by atoms with E-state index in [2.05, 4.69) is 26.0 Å². The van der Waals surface area contributed by atoms with Gasteiger partial charge < -0.3 is 10.1 Å². The summed E-state index contributed by atoms with van der Waals surface area (Å²) in [6.07, 6.45) is 1.64. The average Bonchev–Trinajstić information content (AvgIpc) is 2.78. The van der Waals surface area contributed by atoms with E-state index in [4.69, 9.17) is 0 Å². The monoisotopic (exact) mass is 365 g/mol. The first-order chi connectivity index (χ1) is 10.5. The van der Waals surface area contributed by atoms with E-state index in [1.165, 1.54) is 12.1 Å². The lowest BCUT2D eigenvalue weighted by Gasteiger charge is -2.07. The van der Waals surface area contributed by atoms with E-state index < -0.39 is 6.61 Å². The molecule has 0 aromatic heterocycles. The Morgan fingerprint density at radius 1 is 1.18 bits per heavy atom. The molecular weight excluding hydrogens is 356 g/mol. The Bertz CT molecular complexity index is 774. The molecule has 3 nitrogen and oxygen atoms in total. The van der Waals surface area contributed by atoms with Gasteiger partial charge in [0.1, 0.15) is 5.75 Å². The van der Waals surface area contributed by atoms with Crippen LogP contribution in [-0.2, 0) is 4.79 Å². The van der Waals surface area contributed by atoms with Crippen molar-refractivity contribution in [2.75, 3.05) is 5.32 Å². The summed E-state index contributed by atoms with van der Waals surface area (Å²) in [5.41, 5.74) is 2.57. The molecule has 0 saturated heterocycles. The number of carbonyl (C=O) groups excluding carboxylic acids is 1. The Hall–Kier alpha value is -2.21. The molecule has 6 heteroatoms.